The van der Waals surface area contributed by atoms with E-state index in [-0.39, 0.29) is 23.2 Å². The number of rotatable bonds is 4. The lowest BCUT2D eigenvalue weighted by Gasteiger charge is -2.24. The molecule has 1 aliphatic rings. The number of carbonyl (C=O) groups is 1. The van der Waals surface area contributed by atoms with Crippen molar-refractivity contribution >= 4 is 32.6 Å². The number of fused-ring (bicyclic) bond motifs is 1. The Morgan fingerprint density at radius 1 is 1.24 bits per heavy atom. The fourth-order valence-corrected chi connectivity index (χ4v) is 4.51. The van der Waals surface area contributed by atoms with Crippen molar-refractivity contribution < 1.29 is 13.9 Å². The first-order valence-electron chi connectivity index (χ1n) is 9.91. The third-order valence-electron chi connectivity index (χ3n) is 5.22. The van der Waals surface area contributed by atoms with Crippen LogP contribution < -0.4 is 4.90 Å². The van der Waals surface area contributed by atoms with Gasteiger partial charge in [0.05, 0.1) is 22.9 Å². The third kappa shape index (κ3) is 4.33. The standard InChI is InChI=1S/C23H25FN2O2S/c1-23(2,3)16-8-6-15(7-9-16)21(27)26(14-18-5-4-12-28-18)22-25-19-11-10-17(24)13-20(19)29-22/h6-11,13,18H,4-5,12,14H2,1-3H3. The summed E-state index contributed by atoms with van der Waals surface area (Å²) in [5.74, 6) is -0.414. The van der Waals surface area contributed by atoms with Crippen LogP contribution in [-0.2, 0) is 10.2 Å². The maximum atomic E-state index is 13.6. The van der Waals surface area contributed by atoms with Crippen molar-refractivity contribution in [2.24, 2.45) is 0 Å². The average molecular weight is 413 g/mol. The summed E-state index contributed by atoms with van der Waals surface area (Å²) in [6, 6.07) is 12.3. The van der Waals surface area contributed by atoms with E-state index in [0.717, 1.165) is 24.1 Å². The molecule has 0 N–H and O–H groups in total. The summed E-state index contributed by atoms with van der Waals surface area (Å²) < 4.78 is 20.1. The van der Waals surface area contributed by atoms with Gasteiger partial charge in [-0.3, -0.25) is 9.69 Å². The summed E-state index contributed by atoms with van der Waals surface area (Å²) in [6.45, 7) is 7.61. The van der Waals surface area contributed by atoms with Crippen molar-refractivity contribution in [3.05, 3.63) is 59.4 Å². The molecule has 1 aromatic heterocycles. The van der Waals surface area contributed by atoms with Gasteiger partial charge in [0.1, 0.15) is 5.82 Å². The number of aromatic nitrogens is 1. The number of amides is 1. The van der Waals surface area contributed by atoms with Crippen molar-refractivity contribution in [1.82, 2.24) is 4.98 Å². The summed E-state index contributed by atoms with van der Waals surface area (Å²) in [4.78, 5) is 19.7. The molecule has 2 aromatic carbocycles. The fourth-order valence-electron chi connectivity index (χ4n) is 3.51. The van der Waals surface area contributed by atoms with E-state index in [1.807, 2.05) is 24.3 Å². The highest BCUT2D eigenvalue weighted by molar-refractivity contribution is 7.22. The Hall–Kier alpha value is -2.31. The van der Waals surface area contributed by atoms with Crippen LogP contribution in [0.25, 0.3) is 10.2 Å². The van der Waals surface area contributed by atoms with Crippen LogP contribution in [0.2, 0.25) is 0 Å². The van der Waals surface area contributed by atoms with Gasteiger partial charge in [0.15, 0.2) is 5.13 Å². The van der Waals surface area contributed by atoms with Gasteiger partial charge in [-0.2, -0.15) is 0 Å². The lowest BCUT2D eigenvalue weighted by atomic mass is 9.86. The van der Waals surface area contributed by atoms with E-state index in [2.05, 4.69) is 25.8 Å². The lowest BCUT2D eigenvalue weighted by Crippen LogP contribution is -2.37. The second-order valence-corrected chi connectivity index (χ2v) is 9.50. The predicted molar refractivity (Wildman–Crippen MR) is 115 cm³/mol. The van der Waals surface area contributed by atoms with E-state index in [1.54, 1.807) is 11.0 Å². The van der Waals surface area contributed by atoms with Gasteiger partial charge in [-0.1, -0.05) is 44.2 Å². The molecule has 0 bridgehead atoms. The Morgan fingerprint density at radius 2 is 2.00 bits per heavy atom. The zero-order valence-corrected chi connectivity index (χ0v) is 17.8. The second-order valence-electron chi connectivity index (χ2n) is 8.49. The van der Waals surface area contributed by atoms with Crippen LogP contribution in [-0.4, -0.2) is 30.1 Å². The van der Waals surface area contributed by atoms with Gasteiger partial charge in [0.25, 0.3) is 5.91 Å². The molecule has 0 saturated carbocycles. The van der Waals surface area contributed by atoms with E-state index in [4.69, 9.17) is 4.74 Å². The molecule has 3 aromatic rings. The van der Waals surface area contributed by atoms with Crippen molar-refractivity contribution in [2.75, 3.05) is 18.1 Å². The van der Waals surface area contributed by atoms with Crippen LogP contribution >= 0.6 is 11.3 Å². The minimum absolute atomic E-state index is 0.00320. The number of halogens is 1. The molecule has 6 heteroatoms. The molecule has 1 unspecified atom stereocenters. The highest BCUT2D eigenvalue weighted by Crippen LogP contribution is 2.32. The highest BCUT2D eigenvalue weighted by atomic mass is 32.1. The molecule has 0 spiro atoms. The number of hydrogen-bond donors (Lipinski definition) is 0. The average Bonchev–Trinajstić information content (AvgIpc) is 3.34. The molecule has 1 aliphatic heterocycles. The predicted octanol–water partition coefficient (Wildman–Crippen LogP) is 5.56. The quantitative estimate of drug-likeness (QED) is 0.563. The fraction of sp³-hybridized carbons (Fsp3) is 0.391. The van der Waals surface area contributed by atoms with Crippen molar-refractivity contribution in [1.29, 1.82) is 0 Å². The molecule has 1 amide bonds. The van der Waals surface area contributed by atoms with Gasteiger partial charge < -0.3 is 4.74 Å². The van der Waals surface area contributed by atoms with Crippen molar-refractivity contribution in [2.45, 2.75) is 45.1 Å². The van der Waals surface area contributed by atoms with Crippen LogP contribution in [0.1, 0.15) is 49.5 Å². The maximum absolute atomic E-state index is 13.6. The normalized spacial score (nSPS) is 17.0. The van der Waals surface area contributed by atoms with Gasteiger partial charge in [0.2, 0.25) is 0 Å². The molecule has 1 saturated heterocycles. The topological polar surface area (TPSA) is 42.4 Å². The second kappa shape index (κ2) is 7.84. The van der Waals surface area contributed by atoms with Crippen molar-refractivity contribution in [3.8, 4) is 0 Å². The number of nitrogens with zero attached hydrogens (tertiary/aromatic N) is 2. The van der Waals surface area contributed by atoms with Crippen LogP contribution in [0.3, 0.4) is 0 Å². The minimum Gasteiger partial charge on any atom is -0.376 e. The molecule has 4 rings (SSSR count). The van der Waals surface area contributed by atoms with Gasteiger partial charge in [-0.25, -0.2) is 9.37 Å². The first-order chi connectivity index (χ1) is 13.8. The Labute approximate surface area is 174 Å². The zero-order chi connectivity index (χ0) is 20.6. The number of benzene rings is 2. The molecule has 4 nitrogen and oxygen atoms in total. The van der Waals surface area contributed by atoms with E-state index in [9.17, 15) is 9.18 Å². The number of hydrogen-bond acceptors (Lipinski definition) is 4. The van der Waals surface area contributed by atoms with E-state index in [1.165, 1.54) is 29.0 Å². The molecule has 0 radical (unpaired) electrons. The number of carbonyl (C=O) groups excluding carboxylic acids is 1. The summed E-state index contributed by atoms with van der Waals surface area (Å²) in [7, 11) is 0. The number of thiazole rings is 1. The van der Waals surface area contributed by atoms with Gasteiger partial charge in [-0.05, 0) is 54.2 Å². The first kappa shape index (κ1) is 20.0. The lowest BCUT2D eigenvalue weighted by molar-refractivity contribution is 0.0917. The Bertz CT molecular complexity index is 1020. The van der Waals surface area contributed by atoms with E-state index in [0.29, 0.717) is 22.8 Å². The highest BCUT2D eigenvalue weighted by Gasteiger charge is 2.27. The molecule has 2 heterocycles. The smallest absolute Gasteiger partial charge is 0.260 e. The van der Waals surface area contributed by atoms with Crippen molar-refractivity contribution in [3.63, 3.8) is 0 Å². The first-order valence-corrected chi connectivity index (χ1v) is 10.7. The van der Waals surface area contributed by atoms with Crippen LogP contribution in [0, 0.1) is 5.82 Å². The number of anilines is 1. The van der Waals surface area contributed by atoms with Crippen LogP contribution in [0.15, 0.2) is 42.5 Å². The number of ether oxygens (including phenoxy) is 1. The summed E-state index contributed by atoms with van der Waals surface area (Å²) >= 11 is 1.33. The molecule has 29 heavy (non-hydrogen) atoms. The van der Waals surface area contributed by atoms with Gasteiger partial charge in [0, 0.05) is 12.2 Å². The van der Waals surface area contributed by atoms with Gasteiger partial charge in [-0.15, -0.1) is 0 Å². The maximum Gasteiger partial charge on any atom is 0.260 e. The molecule has 1 fully saturated rings. The summed E-state index contributed by atoms with van der Waals surface area (Å²) in [6.07, 6.45) is 1.92. The molecular formula is C23H25FN2O2S. The SMILES string of the molecule is CC(C)(C)c1ccc(C(=O)N(CC2CCCO2)c2nc3ccc(F)cc3s2)cc1. The Morgan fingerprint density at radius 3 is 2.66 bits per heavy atom. The molecule has 1 atom stereocenters. The van der Waals surface area contributed by atoms with Crippen LogP contribution in [0.5, 0.6) is 0 Å². The van der Waals surface area contributed by atoms with Crippen LogP contribution in [0.4, 0.5) is 9.52 Å². The molecule has 152 valence electrons. The molecule has 0 aliphatic carbocycles. The largest absolute Gasteiger partial charge is 0.376 e. The van der Waals surface area contributed by atoms with Gasteiger partial charge >= 0.3 is 0 Å². The monoisotopic (exact) mass is 412 g/mol. The summed E-state index contributed by atoms with van der Waals surface area (Å²) in [5, 5.41) is 0.575. The molecular weight excluding hydrogens is 387 g/mol. The summed E-state index contributed by atoms with van der Waals surface area (Å²) in [5.41, 5.74) is 2.51. The Kier molecular flexibility index (Phi) is 5.40. The minimum atomic E-state index is -0.303. The third-order valence-corrected chi connectivity index (χ3v) is 6.26. The zero-order valence-electron chi connectivity index (χ0n) is 16.9. The Balaban J connectivity index is 1.68. The van der Waals surface area contributed by atoms with E-state index < -0.39 is 0 Å². The van der Waals surface area contributed by atoms with E-state index >= 15 is 0 Å².